The van der Waals surface area contributed by atoms with E-state index in [2.05, 4.69) is 29.0 Å². The van der Waals surface area contributed by atoms with Gasteiger partial charge < -0.3 is 24.5 Å². The van der Waals surface area contributed by atoms with E-state index in [9.17, 15) is 14.7 Å². The molecule has 1 aliphatic heterocycles. The van der Waals surface area contributed by atoms with E-state index < -0.39 is 17.9 Å². The third-order valence-corrected chi connectivity index (χ3v) is 7.19. The monoisotopic (exact) mass is 499 g/mol. The number of fused-ring (bicyclic) bond motifs is 2. The van der Waals surface area contributed by atoms with E-state index in [1.807, 2.05) is 72.2 Å². The molecule has 8 nitrogen and oxygen atoms in total. The molecule has 1 atom stereocenters. The van der Waals surface area contributed by atoms with Crippen LogP contribution in [0.4, 0.5) is 5.69 Å². The highest BCUT2D eigenvalue weighted by Gasteiger charge is 2.35. The number of nitrogens with zero attached hydrogens (tertiary/aromatic N) is 3. The molecule has 0 bridgehead atoms. The number of hydrogen-bond acceptors (Lipinski definition) is 5. The molecule has 0 saturated carbocycles. The summed E-state index contributed by atoms with van der Waals surface area (Å²) in [5.74, 6) is -0.820. The van der Waals surface area contributed by atoms with Crippen LogP contribution in [0, 0.1) is 0 Å². The van der Waals surface area contributed by atoms with Gasteiger partial charge in [-0.05, 0) is 25.2 Å². The zero-order valence-electron chi connectivity index (χ0n) is 21.7. The average molecular weight is 500 g/mol. The molecule has 2 aromatic carbocycles. The summed E-state index contributed by atoms with van der Waals surface area (Å²) in [5, 5.41) is 15.2. The van der Waals surface area contributed by atoms with Gasteiger partial charge in [-0.3, -0.25) is 14.9 Å². The minimum absolute atomic E-state index is 0.354. The maximum absolute atomic E-state index is 13.3. The fourth-order valence-corrected chi connectivity index (χ4v) is 5.36. The molecule has 0 radical (unpaired) electrons. The summed E-state index contributed by atoms with van der Waals surface area (Å²) in [6, 6.07) is 13.7. The van der Waals surface area contributed by atoms with Crippen LogP contribution in [0.25, 0.3) is 33.0 Å². The van der Waals surface area contributed by atoms with Gasteiger partial charge in [-0.1, -0.05) is 44.2 Å². The average Bonchev–Trinajstić information content (AvgIpc) is 3.55. The number of aliphatic hydroxyl groups is 1. The van der Waals surface area contributed by atoms with E-state index in [1.165, 1.54) is 0 Å². The van der Waals surface area contributed by atoms with Crippen LogP contribution in [0.2, 0.25) is 0 Å². The molecule has 4 aromatic rings. The van der Waals surface area contributed by atoms with Crippen molar-refractivity contribution in [3.05, 3.63) is 66.0 Å². The summed E-state index contributed by atoms with van der Waals surface area (Å²) in [5.41, 5.74) is 4.87. The lowest BCUT2D eigenvalue weighted by Gasteiger charge is -2.23. The molecule has 2 aromatic heterocycles. The van der Waals surface area contributed by atoms with Crippen molar-refractivity contribution in [3.8, 4) is 0 Å². The van der Waals surface area contributed by atoms with Crippen molar-refractivity contribution in [1.29, 1.82) is 0 Å². The highest BCUT2D eigenvalue weighted by atomic mass is 16.3. The van der Waals surface area contributed by atoms with Gasteiger partial charge in [0.1, 0.15) is 0 Å². The van der Waals surface area contributed by atoms with E-state index in [-0.39, 0.29) is 0 Å². The number of amides is 2. The molecule has 0 fully saturated rings. The molecule has 3 N–H and O–H groups in total. The standard InChI is InChI=1S/C29H33N5O3/c1-5-33(6-2)15-18(35)16-34-17-22(20-11-9-13-24(27(20)34)32(3)4)26-25(28(36)31-29(26)37)21-14-30-23-12-8-7-10-19(21)23/h7-14,17-18,30,35H,5-6,15-16H2,1-4H3,(H,31,36,37). The van der Waals surface area contributed by atoms with Crippen molar-refractivity contribution in [2.24, 2.45) is 0 Å². The fraction of sp³-hybridized carbons (Fsp3) is 0.310. The number of aliphatic hydroxyl groups excluding tert-OH is 1. The van der Waals surface area contributed by atoms with Gasteiger partial charge >= 0.3 is 0 Å². The van der Waals surface area contributed by atoms with Gasteiger partial charge in [0.2, 0.25) is 0 Å². The molecule has 0 spiro atoms. The highest BCUT2D eigenvalue weighted by Crippen LogP contribution is 2.40. The zero-order valence-corrected chi connectivity index (χ0v) is 21.7. The lowest BCUT2D eigenvalue weighted by Crippen LogP contribution is -2.34. The van der Waals surface area contributed by atoms with Crippen LogP contribution >= 0.6 is 0 Å². The molecule has 0 aliphatic carbocycles. The molecule has 8 heteroatoms. The van der Waals surface area contributed by atoms with Gasteiger partial charge in [0.25, 0.3) is 11.8 Å². The third-order valence-electron chi connectivity index (χ3n) is 7.19. The minimum atomic E-state index is -0.598. The molecule has 5 rings (SSSR count). The van der Waals surface area contributed by atoms with Crippen LogP contribution in [0.15, 0.2) is 54.9 Å². The maximum atomic E-state index is 13.3. The maximum Gasteiger partial charge on any atom is 0.259 e. The Balaban J connectivity index is 1.72. The van der Waals surface area contributed by atoms with Crippen LogP contribution in [-0.4, -0.2) is 71.2 Å². The first-order chi connectivity index (χ1) is 17.8. The predicted octanol–water partition coefficient (Wildman–Crippen LogP) is 3.46. The van der Waals surface area contributed by atoms with Crippen molar-refractivity contribution in [1.82, 2.24) is 19.8 Å². The first-order valence-corrected chi connectivity index (χ1v) is 12.7. The number of para-hydroxylation sites is 2. The first kappa shape index (κ1) is 24.8. The number of likely N-dealkylation sites (N-methyl/N-ethyl adjacent to an activating group) is 1. The van der Waals surface area contributed by atoms with Crippen LogP contribution in [0.3, 0.4) is 0 Å². The van der Waals surface area contributed by atoms with Gasteiger partial charge in [0.15, 0.2) is 0 Å². The number of carbonyl (C=O) groups excluding carboxylic acids is 2. The highest BCUT2D eigenvalue weighted by molar-refractivity contribution is 6.50. The van der Waals surface area contributed by atoms with Crippen molar-refractivity contribution in [2.45, 2.75) is 26.5 Å². The van der Waals surface area contributed by atoms with E-state index in [0.717, 1.165) is 40.6 Å². The number of rotatable bonds is 9. The molecular formula is C29H33N5O3. The number of H-pyrrole nitrogens is 1. The smallest absolute Gasteiger partial charge is 0.259 e. The van der Waals surface area contributed by atoms with E-state index in [4.69, 9.17) is 0 Å². The number of carbonyl (C=O) groups is 2. The van der Waals surface area contributed by atoms with Crippen molar-refractivity contribution >= 4 is 50.5 Å². The van der Waals surface area contributed by atoms with E-state index in [0.29, 0.717) is 35.4 Å². The Kier molecular flexibility index (Phi) is 6.62. The van der Waals surface area contributed by atoms with Gasteiger partial charge in [-0.25, -0.2) is 0 Å². The Morgan fingerprint density at radius 3 is 2.30 bits per heavy atom. The second-order valence-electron chi connectivity index (χ2n) is 9.68. The first-order valence-electron chi connectivity index (χ1n) is 12.7. The van der Waals surface area contributed by atoms with Crippen molar-refractivity contribution in [2.75, 3.05) is 38.6 Å². The summed E-state index contributed by atoms with van der Waals surface area (Å²) in [6.45, 7) is 6.79. The van der Waals surface area contributed by atoms with Crippen LogP contribution < -0.4 is 10.2 Å². The summed E-state index contributed by atoms with van der Waals surface area (Å²) in [6.07, 6.45) is 3.10. The molecule has 0 saturated heterocycles. The minimum Gasteiger partial charge on any atom is -0.390 e. The Morgan fingerprint density at radius 1 is 0.919 bits per heavy atom. The SMILES string of the molecule is CCN(CC)CC(O)Cn1cc(C2=C(c3c[nH]c4ccccc34)C(=O)NC2=O)c2cccc(N(C)C)c21. The second kappa shape index (κ2) is 9.88. The van der Waals surface area contributed by atoms with Crippen molar-refractivity contribution in [3.63, 3.8) is 0 Å². The molecule has 37 heavy (non-hydrogen) atoms. The van der Waals surface area contributed by atoms with Crippen LogP contribution in [0.5, 0.6) is 0 Å². The number of imide groups is 1. The molecule has 1 unspecified atom stereocenters. The van der Waals surface area contributed by atoms with Crippen LogP contribution in [-0.2, 0) is 16.1 Å². The van der Waals surface area contributed by atoms with Gasteiger partial charge in [-0.15, -0.1) is 0 Å². The number of aromatic amines is 1. The Hall–Kier alpha value is -3.88. The zero-order chi connectivity index (χ0) is 26.3. The van der Waals surface area contributed by atoms with Gasteiger partial charge in [0.05, 0.1) is 28.5 Å². The lowest BCUT2D eigenvalue weighted by molar-refractivity contribution is -0.122. The topological polar surface area (TPSA) is 93.6 Å². The molecule has 192 valence electrons. The molecular weight excluding hydrogens is 466 g/mol. The number of anilines is 1. The van der Waals surface area contributed by atoms with Crippen LogP contribution in [0.1, 0.15) is 25.0 Å². The van der Waals surface area contributed by atoms with Crippen molar-refractivity contribution < 1.29 is 14.7 Å². The van der Waals surface area contributed by atoms with E-state index >= 15 is 0 Å². The van der Waals surface area contributed by atoms with Gasteiger partial charge in [-0.2, -0.15) is 0 Å². The largest absolute Gasteiger partial charge is 0.390 e. The summed E-state index contributed by atoms with van der Waals surface area (Å²) in [4.78, 5) is 33.8. The molecule has 2 amide bonds. The third kappa shape index (κ3) is 4.32. The predicted molar refractivity (Wildman–Crippen MR) is 148 cm³/mol. The normalized spacial score (nSPS) is 14.9. The molecule has 1 aliphatic rings. The number of nitrogens with one attached hydrogen (secondary N) is 2. The summed E-state index contributed by atoms with van der Waals surface area (Å²) >= 11 is 0. The van der Waals surface area contributed by atoms with E-state index in [1.54, 1.807) is 6.20 Å². The fourth-order valence-electron chi connectivity index (χ4n) is 5.36. The summed E-state index contributed by atoms with van der Waals surface area (Å²) < 4.78 is 2.02. The van der Waals surface area contributed by atoms with Gasteiger partial charge in [0, 0.05) is 67.0 Å². The lowest BCUT2D eigenvalue weighted by atomic mass is 9.95. The Morgan fingerprint density at radius 2 is 1.59 bits per heavy atom. The second-order valence-corrected chi connectivity index (χ2v) is 9.68. The summed E-state index contributed by atoms with van der Waals surface area (Å²) in [7, 11) is 3.95. The Labute approximate surface area is 216 Å². The Bertz CT molecular complexity index is 1520. The number of benzene rings is 2. The number of hydrogen-bond donors (Lipinski definition) is 3. The quantitative estimate of drug-likeness (QED) is 0.307. The molecule has 3 heterocycles. The number of aromatic nitrogens is 2.